The number of amides is 11. The maximum absolute atomic E-state index is 15.1. The third-order valence-corrected chi connectivity index (χ3v) is 16.2. The quantitative estimate of drug-likeness (QED) is 0.0226. The van der Waals surface area contributed by atoms with Crippen LogP contribution >= 0.6 is 11.8 Å². The number of carboxylic acid groups (broad SMARTS) is 2. The predicted molar refractivity (Wildman–Crippen MR) is 340 cm³/mol. The van der Waals surface area contributed by atoms with Crippen LogP contribution in [0.2, 0.25) is 0 Å². The monoisotopic (exact) mass is 1380 g/mol. The van der Waals surface area contributed by atoms with Gasteiger partial charge in [0.1, 0.15) is 84.9 Å². The molecule has 0 radical (unpaired) electrons. The fraction of sp³-hybridized carbons (Fsp3) is 0.533. The second-order valence-corrected chi connectivity index (χ2v) is 24.0. The lowest BCUT2D eigenvalue weighted by Gasteiger charge is -2.31. The van der Waals surface area contributed by atoms with E-state index in [1.807, 2.05) is 5.32 Å². The van der Waals surface area contributed by atoms with Crippen LogP contribution in [0.1, 0.15) is 82.8 Å². The number of phenolic OH excluding ortho intramolecular Hbond substituents is 1. The molecule has 2 bridgehead atoms. The lowest BCUT2D eigenvalue weighted by molar-refractivity contribution is -0.154. The number of nitrogens with two attached hydrogens (primary N) is 3. The molecule has 11 amide bonds. The molecule has 3 fully saturated rings. The molecule has 3 aliphatic heterocycles. The number of carboxylic acids is 2. The Hall–Kier alpha value is -10.2. The second kappa shape index (κ2) is 37.8. The third-order valence-electron chi connectivity index (χ3n) is 15.5. The second-order valence-electron chi connectivity index (χ2n) is 23.0. The number of nitrogens with zero attached hydrogens (tertiary/aromatic N) is 2. The number of hydrogen-bond donors (Lipinski definition) is 17. The minimum Gasteiger partial charge on any atom is -0.508 e. The van der Waals surface area contributed by atoms with Gasteiger partial charge in [-0.1, -0.05) is 42.5 Å². The molecule has 3 saturated heterocycles. The van der Waals surface area contributed by atoms with Crippen LogP contribution in [-0.2, 0) is 94.2 Å². The number of aliphatic hydroxyl groups excluding tert-OH is 1. The summed E-state index contributed by atoms with van der Waals surface area (Å²) in [5.74, 6) is -19.2. The average molecular weight is 1380 g/mol. The SMILES string of the molecule is CSCC[C@@H]1NC(=O)[C@@H](NC(=O)[C@H](C)NC(=O)[C@@H](N)Cc2ccccc2)C(C)OC(=O)C[C@@H]2NC(=O)[C@H](COC(=O)C[C@@H](C(=O)N[C@@H](CCC(=O)O)C(=O)O)NC(=O)[C@H](CO)NC2=O)NC(=O)[C@@H]2CCCN2C(=O)[C@H](Cc2ccc(O)cc2)NC(=O)[C@H](CCCN=C(N)N)NC1=O. The zero-order valence-electron chi connectivity index (χ0n) is 53.3. The number of aliphatic carboxylic acids is 2. The lowest BCUT2D eigenvalue weighted by atomic mass is 10.0. The first kappa shape index (κ1) is 77.5. The molecule has 13 atom stereocenters. The van der Waals surface area contributed by atoms with Gasteiger partial charge in [0.25, 0.3) is 0 Å². The summed E-state index contributed by atoms with van der Waals surface area (Å²) in [5.41, 5.74) is 18.4. The number of phenols is 1. The van der Waals surface area contributed by atoms with E-state index in [1.54, 1.807) is 36.6 Å². The van der Waals surface area contributed by atoms with Gasteiger partial charge in [0.05, 0.1) is 25.5 Å². The van der Waals surface area contributed by atoms with Gasteiger partial charge in [0.15, 0.2) is 5.96 Å². The van der Waals surface area contributed by atoms with Crippen molar-refractivity contribution in [1.82, 2.24) is 58.1 Å². The first-order valence-electron chi connectivity index (χ1n) is 30.8. The number of esters is 2. The van der Waals surface area contributed by atoms with Crippen LogP contribution in [0.3, 0.4) is 0 Å². The third kappa shape index (κ3) is 24.5. The number of thioether (sulfide) groups is 1. The number of carbonyl (C=O) groups is 15. The van der Waals surface area contributed by atoms with Crippen molar-refractivity contribution < 1.29 is 102 Å². The molecule has 2 aromatic carbocycles. The summed E-state index contributed by atoms with van der Waals surface area (Å²) in [5, 5.41) is 63.1. The van der Waals surface area contributed by atoms with E-state index >= 15 is 4.79 Å². The summed E-state index contributed by atoms with van der Waals surface area (Å²) in [6.07, 6.45) is -4.69. The summed E-state index contributed by atoms with van der Waals surface area (Å²) in [6, 6.07) is -7.33. The maximum Gasteiger partial charge on any atom is 0.326 e. The van der Waals surface area contributed by atoms with Gasteiger partial charge in [-0.15, -0.1) is 0 Å². The molecule has 0 aromatic heterocycles. The van der Waals surface area contributed by atoms with E-state index in [4.69, 9.17) is 26.7 Å². The molecule has 0 spiro atoms. The Morgan fingerprint density at radius 2 is 1.34 bits per heavy atom. The fourth-order valence-electron chi connectivity index (χ4n) is 10.2. The number of rotatable bonds is 22. The molecule has 5 rings (SSSR count). The Morgan fingerprint density at radius 1 is 0.722 bits per heavy atom. The van der Waals surface area contributed by atoms with E-state index in [2.05, 4.69) is 52.8 Å². The van der Waals surface area contributed by atoms with Crippen molar-refractivity contribution >= 4 is 107 Å². The zero-order valence-corrected chi connectivity index (χ0v) is 54.1. The number of benzene rings is 2. The largest absolute Gasteiger partial charge is 0.508 e. The summed E-state index contributed by atoms with van der Waals surface area (Å²) >= 11 is 1.24. The molecule has 0 aliphatic carbocycles. The van der Waals surface area contributed by atoms with Crippen molar-refractivity contribution in [2.24, 2.45) is 22.2 Å². The highest BCUT2D eigenvalue weighted by molar-refractivity contribution is 7.98. The van der Waals surface area contributed by atoms with Crippen molar-refractivity contribution in [1.29, 1.82) is 0 Å². The van der Waals surface area contributed by atoms with Gasteiger partial charge >= 0.3 is 23.9 Å². The van der Waals surface area contributed by atoms with Crippen molar-refractivity contribution in [3.05, 3.63) is 65.7 Å². The molecular weight excluding hydrogens is 1300 g/mol. The highest BCUT2D eigenvalue weighted by Gasteiger charge is 2.43. The predicted octanol–water partition coefficient (Wildman–Crippen LogP) is -6.61. The molecule has 37 heteroatoms. The Bertz CT molecular complexity index is 3230. The summed E-state index contributed by atoms with van der Waals surface area (Å²) in [6.45, 7) is -0.399. The molecule has 0 saturated carbocycles. The van der Waals surface area contributed by atoms with Gasteiger partial charge in [0.2, 0.25) is 65.0 Å². The van der Waals surface area contributed by atoms with Gasteiger partial charge in [-0.3, -0.25) is 72.1 Å². The van der Waals surface area contributed by atoms with Crippen molar-refractivity contribution in [3.63, 3.8) is 0 Å². The first-order valence-corrected chi connectivity index (χ1v) is 32.2. The molecule has 20 N–H and O–H groups in total. The Kier molecular flexibility index (Phi) is 30.2. The van der Waals surface area contributed by atoms with Gasteiger partial charge < -0.3 is 105 Å². The summed E-state index contributed by atoms with van der Waals surface area (Å²) in [7, 11) is 0. The number of aliphatic hydroxyl groups is 1. The van der Waals surface area contributed by atoms with Gasteiger partial charge in [-0.05, 0) is 94.1 Å². The van der Waals surface area contributed by atoms with Crippen LogP contribution in [0.25, 0.3) is 0 Å². The van der Waals surface area contributed by atoms with Gasteiger partial charge in [-0.2, -0.15) is 11.8 Å². The number of hydrogen-bond acceptors (Lipinski definition) is 22. The number of ether oxygens (including phenoxy) is 2. The summed E-state index contributed by atoms with van der Waals surface area (Å²) < 4.78 is 11.0. The number of fused-ring (bicyclic) bond motifs is 4. The highest BCUT2D eigenvalue weighted by Crippen LogP contribution is 2.22. The van der Waals surface area contributed by atoms with Crippen LogP contribution in [0.15, 0.2) is 59.6 Å². The maximum atomic E-state index is 15.1. The highest BCUT2D eigenvalue weighted by atomic mass is 32.2. The Labute approximate surface area is 559 Å². The minimum absolute atomic E-state index is 0.0226. The Balaban J connectivity index is 1.65. The topological polar surface area (TPSA) is 569 Å². The average Bonchev–Trinajstić information content (AvgIpc) is 1.78. The van der Waals surface area contributed by atoms with E-state index in [0.29, 0.717) is 11.1 Å². The standard InChI is InChI=1S/C60H83N15O21S/c1-29(65-49(83)34(61)23-31-9-5-4-6-10-31)48(82)74-47-30(2)96-46(81)26-39-53(87)72-41(27-76)54(88)69-38(52(86)68-37(59(93)94)17-18-44(78)79)25-45(80)95-28-42(55(89)70-39)73-56(90)43-12-8-21-75(43)58(92)40(24-32-13-15-33(77)16-14-32)71-50(84)35(11-7-20-64-60(62)63)66-51(85)36(19-22-97-3)67-57(47)91/h4-6,9-10,13-16,29-30,34-43,47,76-77H,7-8,11-12,17-28,61H2,1-3H3,(H,65,83)(H,66,85)(H,67,91)(H,68,86)(H,69,88)(H,70,89)(H,71,84)(H,72,87)(H,73,90)(H,74,82)(H,78,79)(H,93,94)(H4,62,63,64)/t29-,30?,34-,35-,36-,37-,38-,39-,40-,41-,42-,43-,47-/m0/s1. The zero-order chi connectivity index (χ0) is 71.6. The van der Waals surface area contributed by atoms with E-state index < -0.39 is 206 Å². The van der Waals surface area contributed by atoms with E-state index in [9.17, 15) is 87.5 Å². The minimum atomic E-state index is -2.24. The molecule has 3 heterocycles. The number of aliphatic imine (C=N–C) groups is 1. The number of nitrogens with one attached hydrogen (secondary N) is 10. The smallest absolute Gasteiger partial charge is 0.326 e. The van der Waals surface area contributed by atoms with Crippen LogP contribution in [-0.4, -0.2) is 237 Å². The van der Waals surface area contributed by atoms with Crippen LogP contribution in [0.4, 0.5) is 0 Å². The van der Waals surface area contributed by atoms with E-state index in [1.165, 1.54) is 43.0 Å². The van der Waals surface area contributed by atoms with Gasteiger partial charge in [0, 0.05) is 25.9 Å². The van der Waals surface area contributed by atoms with Crippen molar-refractivity contribution in [2.75, 3.05) is 38.3 Å². The van der Waals surface area contributed by atoms with Crippen LogP contribution < -0.4 is 70.4 Å². The normalized spacial score (nSPS) is 24.5. The number of guanidine groups is 1. The van der Waals surface area contributed by atoms with Crippen LogP contribution in [0.5, 0.6) is 5.75 Å². The van der Waals surface area contributed by atoms with Crippen molar-refractivity contribution in [3.8, 4) is 5.75 Å². The molecule has 36 nitrogen and oxygen atoms in total. The van der Waals surface area contributed by atoms with Crippen molar-refractivity contribution in [2.45, 2.75) is 163 Å². The lowest BCUT2D eigenvalue weighted by Crippen LogP contribution is -2.62. The molecular formula is C60H83N15O21S. The van der Waals surface area contributed by atoms with Crippen LogP contribution in [0, 0.1) is 0 Å². The fourth-order valence-corrected chi connectivity index (χ4v) is 10.7. The molecule has 2 aromatic rings. The summed E-state index contributed by atoms with van der Waals surface area (Å²) in [4.78, 5) is 215. The Morgan fingerprint density at radius 3 is 1.98 bits per heavy atom. The number of cyclic esters (lactones) is 2. The molecule has 3 aliphatic rings. The van der Waals surface area contributed by atoms with Gasteiger partial charge in [-0.25, -0.2) is 4.79 Å². The van der Waals surface area contributed by atoms with E-state index in [0.717, 1.165) is 11.8 Å². The molecule has 1 unspecified atom stereocenters. The first-order chi connectivity index (χ1) is 46.0. The number of aromatic hydroxyl groups is 1. The number of carbonyl (C=O) groups excluding carboxylic acids is 13. The van der Waals surface area contributed by atoms with E-state index in [-0.39, 0.29) is 75.5 Å². The molecule has 530 valence electrons. The molecule has 97 heavy (non-hydrogen) atoms.